The van der Waals surface area contributed by atoms with Gasteiger partial charge in [-0.2, -0.15) is 0 Å². The number of para-hydroxylation sites is 1. The van der Waals surface area contributed by atoms with Crippen molar-refractivity contribution in [3.05, 3.63) is 30.3 Å². The van der Waals surface area contributed by atoms with Gasteiger partial charge in [0.1, 0.15) is 6.04 Å². The maximum Gasteiger partial charge on any atom is 0.245 e. The molecule has 2 amide bonds. The van der Waals surface area contributed by atoms with Crippen LogP contribution in [0.1, 0.15) is 26.2 Å². The zero-order valence-electron chi connectivity index (χ0n) is 14.4. The summed E-state index contributed by atoms with van der Waals surface area (Å²) in [5, 5.41) is 0. The van der Waals surface area contributed by atoms with Crippen LogP contribution in [0.3, 0.4) is 0 Å². The summed E-state index contributed by atoms with van der Waals surface area (Å²) in [5.41, 5.74) is 1.01. The number of amides is 2. The fourth-order valence-electron chi connectivity index (χ4n) is 2.95. The van der Waals surface area contributed by atoms with Crippen LogP contribution >= 0.6 is 0 Å². The van der Waals surface area contributed by atoms with Gasteiger partial charge in [0.15, 0.2) is 0 Å². The van der Waals surface area contributed by atoms with Gasteiger partial charge in [-0.05, 0) is 18.6 Å². The number of nitrogens with zero attached hydrogens (tertiary/aromatic N) is 3. The van der Waals surface area contributed by atoms with Crippen molar-refractivity contribution < 1.29 is 9.59 Å². The SMILES string of the molecule is CCCCC1C(=O)N(C)CCN1C(=O)CN(C)c1ccccc1. The zero-order chi connectivity index (χ0) is 16.8. The first-order valence-corrected chi connectivity index (χ1v) is 8.35. The molecule has 1 aliphatic rings. The second-order valence-corrected chi connectivity index (χ2v) is 6.20. The molecule has 0 spiro atoms. The highest BCUT2D eigenvalue weighted by Crippen LogP contribution is 2.18. The van der Waals surface area contributed by atoms with Crippen molar-refractivity contribution in [2.24, 2.45) is 0 Å². The monoisotopic (exact) mass is 317 g/mol. The topological polar surface area (TPSA) is 43.9 Å². The van der Waals surface area contributed by atoms with E-state index in [4.69, 9.17) is 0 Å². The number of carbonyl (C=O) groups excluding carboxylic acids is 2. The number of carbonyl (C=O) groups is 2. The van der Waals surface area contributed by atoms with E-state index in [1.807, 2.05) is 49.3 Å². The largest absolute Gasteiger partial charge is 0.365 e. The quantitative estimate of drug-likeness (QED) is 0.806. The normalized spacial score (nSPS) is 18.2. The maximum absolute atomic E-state index is 12.7. The van der Waals surface area contributed by atoms with Gasteiger partial charge in [-0.3, -0.25) is 9.59 Å². The van der Waals surface area contributed by atoms with E-state index in [1.165, 1.54) is 0 Å². The van der Waals surface area contributed by atoms with Crippen LogP contribution in [-0.4, -0.2) is 61.4 Å². The molecule has 1 saturated heterocycles. The molecule has 1 heterocycles. The number of anilines is 1. The zero-order valence-corrected chi connectivity index (χ0v) is 14.4. The molecule has 1 fully saturated rings. The average molecular weight is 317 g/mol. The molecule has 2 rings (SSSR count). The molecule has 1 atom stereocenters. The highest BCUT2D eigenvalue weighted by Gasteiger charge is 2.35. The van der Waals surface area contributed by atoms with Gasteiger partial charge in [-0.1, -0.05) is 38.0 Å². The molecule has 1 aromatic carbocycles. The molecule has 5 heteroatoms. The number of benzene rings is 1. The molecule has 1 aliphatic heterocycles. The molecule has 0 bridgehead atoms. The Balaban J connectivity index is 2.05. The third-order valence-corrected chi connectivity index (χ3v) is 4.43. The van der Waals surface area contributed by atoms with Crippen LogP contribution in [0.2, 0.25) is 0 Å². The third-order valence-electron chi connectivity index (χ3n) is 4.43. The van der Waals surface area contributed by atoms with Crippen LogP contribution in [-0.2, 0) is 9.59 Å². The molecule has 0 saturated carbocycles. The van der Waals surface area contributed by atoms with Gasteiger partial charge in [0.2, 0.25) is 11.8 Å². The molecule has 5 nitrogen and oxygen atoms in total. The number of hydrogen-bond donors (Lipinski definition) is 0. The first-order chi connectivity index (χ1) is 11.0. The summed E-state index contributed by atoms with van der Waals surface area (Å²) in [5.74, 6) is 0.0966. The van der Waals surface area contributed by atoms with Crippen LogP contribution in [0.4, 0.5) is 5.69 Å². The van der Waals surface area contributed by atoms with Crippen molar-refractivity contribution in [3.63, 3.8) is 0 Å². The molecule has 1 unspecified atom stereocenters. The van der Waals surface area contributed by atoms with E-state index in [0.29, 0.717) is 19.6 Å². The Labute approximate surface area is 138 Å². The van der Waals surface area contributed by atoms with Crippen molar-refractivity contribution >= 4 is 17.5 Å². The van der Waals surface area contributed by atoms with E-state index in [0.717, 1.165) is 24.9 Å². The average Bonchev–Trinajstić information content (AvgIpc) is 2.56. The van der Waals surface area contributed by atoms with Gasteiger partial charge in [-0.15, -0.1) is 0 Å². The molecule has 0 radical (unpaired) electrons. The van der Waals surface area contributed by atoms with Gasteiger partial charge in [0, 0.05) is 32.9 Å². The fourth-order valence-corrected chi connectivity index (χ4v) is 2.95. The summed E-state index contributed by atoms with van der Waals surface area (Å²) in [7, 11) is 3.73. The lowest BCUT2D eigenvalue weighted by Crippen LogP contribution is -2.59. The van der Waals surface area contributed by atoms with Crippen molar-refractivity contribution in [1.82, 2.24) is 9.80 Å². The lowest BCUT2D eigenvalue weighted by molar-refractivity contribution is -0.149. The molecular formula is C18H27N3O2. The predicted octanol–water partition coefficient (Wildman–Crippen LogP) is 1.98. The van der Waals surface area contributed by atoms with Crippen molar-refractivity contribution in [3.8, 4) is 0 Å². The van der Waals surface area contributed by atoms with Crippen molar-refractivity contribution in [2.45, 2.75) is 32.2 Å². The second kappa shape index (κ2) is 7.99. The van der Waals surface area contributed by atoms with E-state index in [-0.39, 0.29) is 17.9 Å². The maximum atomic E-state index is 12.7. The van der Waals surface area contributed by atoms with Crippen LogP contribution in [0.5, 0.6) is 0 Å². The van der Waals surface area contributed by atoms with E-state index >= 15 is 0 Å². The van der Waals surface area contributed by atoms with Crippen LogP contribution in [0, 0.1) is 0 Å². The van der Waals surface area contributed by atoms with Gasteiger partial charge in [0.25, 0.3) is 0 Å². The number of rotatable bonds is 6. The molecule has 126 valence electrons. The Kier molecular flexibility index (Phi) is 6.02. The third kappa shape index (κ3) is 4.24. The first kappa shape index (κ1) is 17.3. The summed E-state index contributed by atoms with van der Waals surface area (Å²) in [4.78, 5) is 30.6. The molecule has 0 aromatic heterocycles. The lowest BCUT2D eigenvalue weighted by atomic mass is 10.0. The fraction of sp³-hybridized carbons (Fsp3) is 0.556. The summed E-state index contributed by atoms with van der Waals surface area (Å²) < 4.78 is 0. The minimum Gasteiger partial charge on any atom is -0.365 e. The lowest BCUT2D eigenvalue weighted by Gasteiger charge is -2.40. The van der Waals surface area contributed by atoms with E-state index in [9.17, 15) is 9.59 Å². The second-order valence-electron chi connectivity index (χ2n) is 6.20. The minimum absolute atomic E-state index is 0.0268. The Morgan fingerprint density at radius 2 is 1.96 bits per heavy atom. The molecule has 0 N–H and O–H groups in total. The Hall–Kier alpha value is -2.04. The Morgan fingerprint density at radius 3 is 2.61 bits per heavy atom. The standard InChI is InChI=1S/C18H27N3O2/c1-4-5-11-16-18(23)19(2)12-13-21(16)17(22)14-20(3)15-9-7-6-8-10-15/h6-10,16H,4-5,11-14H2,1-3H3. The van der Waals surface area contributed by atoms with Gasteiger partial charge >= 0.3 is 0 Å². The molecule has 23 heavy (non-hydrogen) atoms. The predicted molar refractivity (Wildman–Crippen MR) is 92.4 cm³/mol. The number of unbranched alkanes of at least 4 members (excludes halogenated alkanes) is 1. The van der Waals surface area contributed by atoms with E-state index in [2.05, 4.69) is 6.92 Å². The summed E-state index contributed by atoms with van der Waals surface area (Å²) in [6, 6.07) is 9.54. The van der Waals surface area contributed by atoms with E-state index < -0.39 is 0 Å². The van der Waals surface area contributed by atoms with Crippen molar-refractivity contribution in [2.75, 3.05) is 38.6 Å². The van der Waals surface area contributed by atoms with Gasteiger partial charge < -0.3 is 14.7 Å². The Bertz CT molecular complexity index is 532. The van der Waals surface area contributed by atoms with Crippen LogP contribution in [0.15, 0.2) is 30.3 Å². The molecule has 0 aliphatic carbocycles. The van der Waals surface area contributed by atoms with Crippen LogP contribution in [0.25, 0.3) is 0 Å². The number of piperazine rings is 1. The number of likely N-dealkylation sites (N-methyl/N-ethyl adjacent to an activating group) is 2. The highest BCUT2D eigenvalue weighted by molar-refractivity contribution is 5.90. The molecule has 1 aromatic rings. The van der Waals surface area contributed by atoms with Crippen molar-refractivity contribution in [1.29, 1.82) is 0 Å². The minimum atomic E-state index is -0.301. The summed E-state index contributed by atoms with van der Waals surface area (Å²) >= 11 is 0. The van der Waals surface area contributed by atoms with Gasteiger partial charge in [-0.25, -0.2) is 0 Å². The van der Waals surface area contributed by atoms with E-state index in [1.54, 1.807) is 9.80 Å². The highest BCUT2D eigenvalue weighted by atomic mass is 16.2. The van der Waals surface area contributed by atoms with Crippen LogP contribution < -0.4 is 4.90 Å². The van der Waals surface area contributed by atoms with Gasteiger partial charge in [0.05, 0.1) is 6.54 Å². The Morgan fingerprint density at radius 1 is 1.26 bits per heavy atom. The smallest absolute Gasteiger partial charge is 0.245 e. The first-order valence-electron chi connectivity index (χ1n) is 8.35. The molecular weight excluding hydrogens is 290 g/mol. The summed E-state index contributed by atoms with van der Waals surface area (Å²) in [6.07, 6.45) is 2.74. The summed E-state index contributed by atoms with van der Waals surface area (Å²) in [6.45, 7) is 3.64. The number of hydrogen-bond acceptors (Lipinski definition) is 3.